The quantitative estimate of drug-likeness (QED) is 0.479. The molecule has 98 valence electrons. The second-order valence-electron chi connectivity index (χ2n) is 3.70. The maximum absolute atomic E-state index is 11.5. The predicted molar refractivity (Wildman–Crippen MR) is 70.0 cm³/mol. The Morgan fingerprint density at radius 3 is 2.22 bits per heavy atom. The van der Waals surface area contributed by atoms with Crippen LogP contribution in [0.5, 0.6) is 5.75 Å². The zero-order valence-corrected chi connectivity index (χ0v) is 11.7. The highest BCUT2D eigenvalue weighted by molar-refractivity contribution is 8.15. The third-order valence-electron chi connectivity index (χ3n) is 2.29. The first kappa shape index (κ1) is 14.6. The van der Waals surface area contributed by atoms with Crippen LogP contribution >= 0.6 is 11.8 Å². The van der Waals surface area contributed by atoms with Crippen molar-refractivity contribution in [2.24, 2.45) is 0 Å². The first-order valence-electron chi connectivity index (χ1n) is 5.53. The summed E-state index contributed by atoms with van der Waals surface area (Å²) in [7, 11) is 1.60. The first-order valence-corrected chi connectivity index (χ1v) is 6.35. The zero-order chi connectivity index (χ0) is 13.7. The Morgan fingerprint density at radius 2 is 1.78 bits per heavy atom. The van der Waals surface area contributed by atoms with Gasteiger partial charge >= 0.3 is 11.1 Å². The summed E-state index contributed by atoms with van der Waals surface area (Å²) < 4.78 is 9.88. The number of carbonyl (C=O) groups excluding carboxylic acids is 2. The summed E-state index contributed by atoms with van der Waals surface area (Å²) >= 11 is 0.870. The molecule has 0 aliphatic carbocycles. The van der Waals surface area contributed by atoms with Crippen LogP contribution in [0.2, 0.25) is 0 Å². The summed E-state index contributed by atoms with van der Waals surface area (Å²) in [5, 5.41) is -0.610. The van der Waals surface area contributed by atoms with E-state index in [0.29, 0.717) is 4.90 Å². The monoisotopic (exact) mass is 268 g/mol. The first-order chi connectivity index (χ1) is 8.49. The molecular formula is C13H16O4S. The van der Waals surface area contributed by atoms with Crippen molar-refractivity contribution in [3.8, 4) is 5.75 Å². The molecule has 0 amide bonds. The van der Waals surface area contributed by atoms with E-state index < -0.39 is 11.1 Å². The van der Waals surface area contributed by atoms with Crippen LogP contribution in [0.3, 0.4) is 0 Å². The number of esters is 1. The minimum atomic E-state index is -0.811. The molecule has 5 heteroatoms. The molecule has 0 aliphatic heterocycles. The molecular weight excluding hydrogens is 252 g/mol. The van der Waals surface area contributed by atoms with Crippen LogP contribution in [0, 0.1) is 13.8 Å². The number of ether oxygens (including phenoxy) is 2. The van der Waals surface area contributed by atoms with Crippen molar-refractivity contribution in [3.05, 3.63) is 23.3 Å². The molecule has 0 aromatic heterocycles. The molecule has 1 aromatic rings. The van der Waals surface area contributed by atoms with Gasteiger partial charge in [0.05, 0.1) is 13.7 Å². The molecule has 1 aromatic carbocycles. The van der Waals surface area contributed by atoms with Gasteiger partial charge in [-0.3, -0.25) is 4.79 Å². The number of hydrogen-bond acceptors (Lipinski definition) is 5. The lowest BCUT2D eigenvalue weighted by Crippen LogP contribution is -2.13. The average molecular weight is 268 g/mol. The minimum absolute atomic E-state index is 0.200. The van der Waals surface area contributed by atoms with Crippen LogP contribution in [0.25, 0.3) is 0 Å². The number of carbonyl (C=O) groups is 2. The predicted octanol–water partition coefficient (Wildman–Crippen LogP) is 2.49. The molecule has 0 fully saturated rings. The Kier molecular flexibility index (Phi) is 5.22. The van der Waals surface area contributed by atoms with E-state index in [-0.39, 0.29) is 6.61 Å². The van der Waals surface area contributed by atoms with Crippen molar-refractivity contribution in [2.75, 3.05) is 13.7 Å². The normalized spacial score (nSPS) is 10.0. The van der Waals surface area contributed by atoms with Gasteiger partial charge in [0.1, 0.15) is 5.75 Å². The van der Waals surface area contributed by atoms with E-state index in [4.69, 9.17) is 4.74 Å². The largest absolute Gasteiger partial charge is 0.496 e. The molecule has 0 spiro atoms. The van der Waals surface area contributed by atoms with E-state index in [1.54, 1.807) is 14.0 Å². The van der Waals surface area contributed by atoms with E-state index in [9.17, 15) is 9.59 Å². The van der Waals surface area contributed by atoms with E-state index >= 15 is 0 Å². The SMILES string of the molecule is CCOC(=O)C(=O)Sc1cc(C)c(OC)c(C)c1. The summed E-state index contributed by atoms with van der Waals surface area (Å²) in [5.74, 6) is -0.0171. The average Bonchev–Trinajstić information content (AvgIpc) is 2.28. The fraction of sp³-hybridized carbons (Fsp3) is 0.385. The van der Waals surface area contributed by atoms with E-state index in [1.165, 1.54) is 0 Å². The van der Waals surface area contributed by atoms with Crippen molar-refractivity contribution in [1.82, 2.24) is 0 Å². The number of hydrogen-bond donors (Lipinski definition) is 0. The topological polar surface area (TPSA) is 52.6 Å². The molecule has 18 heavy (non-hydrogen) atoms. The van der Waals surface area contributed by atoms with Gasteiger partial charge in [-0.05, 0) is 55.8 Å². The van der Waals surface area contributed by atoms with Crippen molar-refractivity contribution in [2.45, 2.75) is 25.7 Å². The van der Waals surface area contributed by atoms with Crippen LogP contribution in [0.1, 0.15) is 18.1 Å². The molecule has 4 nitrogen and oxygen atoms in total. The molecule has 0 bridgehead atoms. The summed E-state index contributed by atoms with van der Waals surface area (Å²) in [6.45, 7) is 5.65. The smallest absolute Gasteiger partial charge is 0.386 e. The second kappa shape index (κ2) is 6.44. The summed E-state index contributed by atoms with van der Waals surface area (Å²) in [4.78, 5) is 23.5. The Bertz CT molecular complexity index is 445. The molecule has 0 atom stereocenters. The third kappa shape index (κ3) is 3.50. The third-order valence-corrected chi connectivity index (χ3v) is 3.11. The molecule has 1 rings (SSSR count). The van der Waals surface area contributed by atoms with Gasteiger partial charge in [0.15, 0.2) is 0 Å². The molecule has 0 unspecified atom stereocenters. The highest BCUT2D eigenvalue weighted by Crippen LogP contribution is 2.29. The summed E-state index contributed by atoms with van der Waals surface area (Å²) in [5.41, 5.74) is 1.85. The maximum atomic E-state index is 11.5. The fourth-order valence-electron chi connectivity index (χ4n) is 1.63. The van der Waals surface area contributed by atoms with Crippen molar-refractivity contribution < 1.29 is 19.1 Å². The van der Waals surface area contributed by atoms with Crippen molar-refractivity contribution in [3.63, 3.8) is 0 Å². The van der Waals surface area contributed by atoms with Crippen LogP contribution in [-0.4, -0.2) is 24.8 Å². The van der Waals surface area contributed by atoms with E-state index in [0.717, 1.165) is 28.6 Å². The Labute approximate surface area is 111 Å². The number of rotatable bonds is 3. The molecule has 0 radical (unpaired) electrons. The number of aryl methyl sites for hydroxylation is 2. The van der Waals surface area contributed by atoms with Crippen LogP contribution in [0.4, 0.5) is 0 Å². The maximum Gasteiger partial charge on any atom is 0.386 e. The van der Waals surface area contributed by atoms with Crippen LogP contribution in [0.15, 0.2) is 17.0 Å². The fourth-order valence-corrected chi connectivity index (χ4v) is 2.46. The van der Waals surface area contributed by atoms with Gasteiger partial charge in [0, 0.05) is 4.90 Å². The Balaban J connectivity index is 2.86. The number of methoxy groups -OCH3 is 1. The van der Waals surface area contributed by atoms with E-state index in [1.807, 2.05) is 26.0 Å². The lowest BCUT2D eigenvalue weighted by atomic mass is 10.1. The van der Waals surface area contributed by atoms with Gasteiger partial charge in [-0.25, -0.2) is 4.79 Å². The Morgan fingerprint density at radius 1 is 1.22 bits per heavy atom. The van der Waals surface area contributed by atoms with Gasteiger partial charge in [0.2, 0.25) is 0 Å². The van der Waals surface area contributed by atoms with Gasteiger partial charge in [0.25, 0.3) is 0 Å². The second-order valence-corrected chi connectivity index (χ2v) is 4.75. The van der Waals surface area contributed by atoms with Gasteiger partial charge in [-0.2, -0.15) is 0 Å². The minimum Gasteiger partial charge on any atom is -0.496 e. The van der Waals surface area contributed by atoms with Gasteiger partial charge in [-0.15, -0.1) is 0 Å². The molecule has 0 saturated carbocycles. The lowest BCUT2D eigenvalue weighted by molar-refractivity contribution is -0.149. The number of benzene rings is 1. The van der Waals surface area contributed by atoms with Crippen LogP contribution < -0.4 is 4.74 Å². The molecule has 0 heterocycles. The van der Waals surface area contributed by atoms with E-state index in [2.05, 4.69) is 4.74 Å². The van der Waals surface area contributed by atoms with Crippen molar-refractivity contribution >= 4 is 22.8 Å². The zero-order valence-electron chi connectivity index (χ0n) is 10.9. The lowest BCUT2D eigenvalue weighted by Gasteiger charge is -2.10. The molecule has 0 aliphatic rings. The number of thioether (sulfide) groups is 1. The molecule has 0 saturated heterocycles. The standard InChI is InChI=1S/C13H16O4S/c1-5-17-12(14)13(15)18-10-6-8(2)11(16-4)9(3)7-10/h6-7H,5H2,1-4H3. The van der Waals surface area contributed by atoms with Crippen molar-refractivity contribution in [1.29, 1.82) is 0 Å². The highest BCUT2D eigenvalue weighted by Gasteiger charge is 2.17. The van der Waals surface area contributed by atoms with Gasteiger partial charge < -0.3 is 9.47 Å². The summed E-state index contributed by atoms with van der Waals surface area (Å²) in [6, 6.07) is 3.63. The summed E-state index contributed by atoms with van der Waals surface area (Å²) in [6.07, 6.45) is 0. The van der Waals surface area contributed by atoms with Crippen LogP contribution in [-0.2, 0) is 14.3 Å². The highest BCUT2D eigenvalue weighted by atomic mass is 32.2. The van der Waals surface area contributed by atoms with Gasteiger partial charge in [-0.1, -0.05) is 0 Å². The molecule has 0 N–H and O–H groups in total. The Hall–Kier alpha value is -1.49.